The largest absolute Gasteiger partial charge is 0.343 e. The Hall–Kier alpha value is -1.29. The molecular formula is C25H39N2O3P. The molecule has 0 N–H and O–H groups in total. The predicted molar refractivity (Wildman–Crippen MR) is 128 cm³/mol. The summed E-state index contributed by atoms with van der Waals surface area (Å²) in [4.78, 5) is 4.34. The van der Waals surface area contributed by atoms with E-state index in [0.717, 1.165) is 11.4 Å². The molecule has 0 unspecified atom stereocenters. The van der Waals surface area contributed by atoms with Crippen molar-refractivity contribution in [3.63, 3.8) is 0 Å². The van der Waals surface area contributed by atoms with Crippen LogP contribution in [0, 0.1) is 27.4 Å². The molecule has 1 fully saturated rings. The average Bonchev–Trinajstić information content (AvgIpc) is 3.03. The van der Waals surface area contributed by atoms with Gasteiger partial charge in [0.25, 0.3) is 0 Å². The topological polar surface area (TPSA) is 42.0 Å². The molecule has 0 atom stereocenters. The van der Waals surface area contributed by atoms with Crippen molar-refractivity contribution in [1.82, 2.24) is 4.90 Å². The molecule has 6 heteroatoms. The van der Waals surface area contributed by atoms with Gasteiger partial charge in [0.15, 0.2) is 0 Å². The summed E-state index contributed by atoms with van der Waals surface area (Å²) in [5.41, 5.74) is 5.68. The van der Waals surface area contributed by atoms with Gasteiger partial charge in [-0.2, -0.15) is 0 Å². The number of hydrogen-bond acceptors (Lipinski definition) is 5. The first kappa shape index (κ1) is 24.4. The molecule has 1 aliphatic carbocycles. The molecule has 1 aliphatic heterocycles. The smallest absolute Gasteiger partial charge is 0.336 e. The molecular weight excluding hydrogens is 407 g/mol. The van der Waals surface area contributed by atoms with Crippen LogP contribution in [0.3, 0.4) is 0 Å². The molecule has 1 heterocycles. The van der Waals surface area contributed by atoms with Crippen LogP contribution < -0.4 is 4.90 Å². The van der Waals surface area contributed by atoms with E-state index in [9.17, 15) is 4.57 Å². The molecule has 1 aromatic rings. The van der Waals surface area contributed by atoms with Gasteiger partial charge in [0.1, 0.15) is 0 Å². The van der Waals surface area contributed by atoms with Crippen molar-refractivity contribution in [3.8, 4) is 0 Å². The van der Waals surface area contributed by atoms with Crippen molar-refractivity contribution in [2.24, 2.45) is 0 Å². The molecule has 5 nitrogen and oxygen atoms in total. The number of hydrogen-bond donors (Lipinski definition) is 0. The van der Waals surface area contributed by atoms with Crippen molar-refractivity contribution >= 4 is 13.3 Å². The van der Waals surface area contributed by atoms with Crippen molar-refractivity contribution in [2.75, 3.05) is 24.3 Å². The first-order valence-electron chi connectivity index (χ1n) is 11.9. The normalized spacial score (nSPS) is 18.8. The second-order valence-corrected chi connectivity index (χ2v) is 10.9. The van der Waals surface area contributed by atoms with Crippen molar-refractivity contribution in [3.05, 3.63) is 47.4 Å². The third-order valence-electron chi connectivity index (χ3n) is 6.13. The SMILES string of the molecule is CCOP(=O)(CC1=CN(C2CCCCCCC2)[C]N1c1c(C)cc(C)cc1C)OCC. The lowest BCUT2D eigenvalue weighted by molar-refractivity contribution is 0.222. The van der Waals surface area contributed by atoms with Gasteiger partial charge < -0.3 is 18.8 Å². The summed E-state index contributed by atoms with van der Waals surface area (Å²) in [5.74, 6) is 0. The maximum atomic E-state index is 13.4. The highest BCUT2D eigenvalue weighted by Crippen LogP contribution is 2.51. The fourth-order valence-corrected chi connectivity index (χ4v) is 6.54. The highest BCUT2D eigenvalue weighted by atomic mass is 31.2. The van der Waals surface area contributed by atoms with Gasteiger partial charge in [0.05, 0.1) is 19.4 Å². The first-order valence-corrected chi connectivity index (χ1v) is 13.6. The van der Waals surface area contributed by atoms with Crippen LogP contribution in [0.4, 0.5) is 5.69 Å². The fraction of sp³-hybridized carbons (Fsp3) is 0.640. The molecule has 3 rings (SSSR count). The molecule has 0 saturated heterocycles. The lowest BCUT2D eigenvalue weighted by atomic mass is 9.96. The Morgan fingerprint density at radius 3 is 2.06 bits per heavy atom. The molecule has 172 valence electrons. The zero-order chi connectivity index (χ0) is 22.4. The minimum Gasteiger partial charge on any atom is -0.343 e. The minimum atomic E-state index is -3.22. The summed E-state index contributed by atoms with van der Waals surface area (Å²) in [7, 11) is -3.22. The standard InChI is InChI=1S/C25H39N2O3P/c1-6-29-31(28,30-7-2)18-24-17-26(23-13-11-9-8-10-12-14-23)19-27(24)25-21(4)15-20(3)16-22(25)5/h15-17,23H,6-14,18H2,1-5H3. The number of allylic oxidation sites excluding steroid dienone is 1. The van der Waals surface area contributed by atoms with Gasteiger partial charge in [-0.3, -0.25) is 4.57 Å². The second kappa shape index (κ2) is 11.0. The fourth-order valence-electron chi connectivity index (χ4n) is 4.88. The van der Waals surface area contributed by atoms with E-state index < -0.39 is 7.60 Å². The van der Waals surface area contributed by atoms with Gasteiger partial charge in [-0.15, -0.1) is 0 Å². The van der Waals surface area contributed by atoms with Crippen molar-refractivity contribution in [2.45, 2.75) is 85.6 Å². The van der Waals surface area contributed by atoms with Gasteiger partial charge in [0, 0.05) is 23.6 Å². The van der Waals surface area contributed by atoms with Gasteiger partial charge in [-0.05, 0) is 58.6 Å². The summed E-state index contributed by atoms with van der Waals surface area (Å²) < 4.78 is 24.7. The Morgan fingerprint density at radius 1 is 0.968 bits per heavy atom. The Kier molecular flexibility index (Phi) is 8.66. The number of rotatable bonds is 8. The molecule has 0 aromatic heterocycles. The molecule has 2 radical (unpaired) electrons. The third kappa shape index (κ3) is 6.15. The molecule has 0 spiro atoms. The van der Waals surface area contributed by atoms with E-state index in [2.05, 4.69) is 55.6 Å². The highest BCUT2D eigenvalue weighted by Gasteiger charge is 2.36. The highest BCUT2D eigenvalue weighted by molar-refractivity contribution is 7.54. The predicted octanol–water partition coefficient (Wildman–Crippen LogP) is 6.95. The summed E-state index contributed by atoms with van der Waals surface area (Å²) in [6.45, 7) is 14.5. The van der Waals surface area contributed by atoms with Gasteiger partial charge in [-0.1, -0.05) is 49.8 Å². The average molecular weight is 447 g/mol. The van der Waals surface area contributed by atoms with Crippen LogP contribution in [-0.2, 0) is 13.6 Å². The number of aryl methyl sites for hydroxylation is 3. The molecule has 0 amide bonds. The lowest BCUT2D eigenvalue weighted by Gasteiger charge is -2.31. The van der Waals surface area contributed by atoms with E-state index in [4.69, 9.17) is 9.05 Å². The zero-order valence-corrected chi connectivity index (χ0v) is 20.8. The van der Waals surface area contributed by atoms with Gasteiger partial charge in [-0.25, -0.2) is 0 Å². The van der Waals surface area contributed by atoms with Crippen molar-refractivity contribution < 1.29 is 13.6 Å². The van der Waals surface area contributed by atoms with E-state index in [1.165, 1.54) is 61.6 Å². The maximum Gasteiger partial charge on any atom is 0.336 e. The first-order chi connectivity index (χ1) is 14.9. The van der Waals surface area contributed by atoms with E-state index in [1.807, 2.05) is 13.8 Å². The number of anilines is 1. The van der Waals surface area contributed by atoms with E-state index >= 15 is 0 Å². The molecule has 31 heavy (non-hydrogen) atoms. The van der Waals surface area contributed by atoms with Crippen LogP contribution in [0.1, 0.15) is 75.5 Å². The quantitative estimate of drug-likeness (QED) is 0.404. The Bertz CT molecular complexity index is 782. The summed E-state index contributed by atoms with van der Waals surface area (Å²) in [5, 5.41) is 0. The van der Waals surface area contributed by atoms with Crippen LogP contribution in [0.5, 0.6) is 0 Å². The Labute approximate surface area is 189 Å². The second-order valence-electron chi connectivity index (χ2n) is 8.81. The van der Waals surface area contributed by atoms with Crippen LogP contribution in [0.15, 0.2) is 24.0 Å². The molecule has 1 saturated carbocycles. The van der Waals surface area contributed by atoms with Crippen LogP contribution in [0.25, 0.3) is 0 Å². The molecule has 1 aromatic carbocycles. The van der Waals surface area contributed by atoms with Gasteiger partial charge in [0.2, 0.25) is 6.67 Å². The Balaban J connectivity index is 1.94. The lowest BCUT2D eigenvalue weighted by Crippen LogP contribution is -2.31. The van der Waals surface area contributed by atoms with Crippen LogP contribution in [0.2, 0.25) is 0 Å². The summed E-state index contributed by atoms with van der Waals surface area (Å²) in [6.07, 6.45) is 11.2. The Morgan fingerprint density at radius 2 is 1.52 bits per heavy atom. The molecule has 0 bridgehead atoms. The number of nitrogens with zero attached hydrogens (tertiary/aromatic N) is 2. The minimum absolute atomic E-state index is 0.248. The summed E-state index contributed by atoms with van der Waals surface area (Å²) >= 11 is 0. The van der Waals surface area contributed by atoms with Crippen LogP contribution in [-0.4, -0.2) is 30.3 Å². The zero-order valence-electron chi connectivity index (χ0n) is 19.9. The van der Waals surface area contributed by atoms with Crippen molar-refractivity contribution in [1.29, 1.82) is 0 Å². The maximum absolute atomic E-state index is 13.4. The third-order valence-corrected chi connectivity index (χ3v) is 8.14. The van der Waals surface area contributed by atoms with E-state index in [0.29, 0.717) is 19.3 Å². The van der Waals surface area contributed by atoms with E-state index in [1.54, 1.807) is 0 Å². The van der Waals surface area contributed by atoms with E-state index in [-0.39, 0.29) is 6.16 Å². The van der Waals surface area contributed by atoms with Crippen LogP contribution >= 0.6 is 7.60 Å². The monoisotopic (exact) mass is 446 g/mol. The van der Waals surface area contributed by atoms with Gasteiger partial charge >= 0.3 is 7.60 Å². The number of benzene rings is 1. The summed E-state index contributed by atoms with van der Waals surface area (Å²) in [6, 6.07) is 4.83. The molecule has 2 aliphatic rings.